The van der Waals surface area contributed by atoms with E-state index in [0.29, 0.717) is 12.2 Å². The van der Waals surface area contributed by atoms with E-state index in [1.807, 2.05) is 13.8 Å². The molecule has 1 aliphatic heterocycles. The van der Waals surface area contributed by atoms with Crippen molar-refractivity contribution in [3.8, 4) is 0 Å². The molecule has 0 aromatic rings. The molecule has 24 heavy (non-hydrogen) atoms. The summed E-state index contributed by atoms with van der Waals surface area (Å²) in [6.07, 6.45) is -0.323. The Morgan fingerprint density at radius 2 is 1.79 bits per heavy atom. The third kappa shape index (κ3) is 6.92. The number of allylic oxidation sites excluding steroid dienone is 1. The molecule has 1 heterocycles. The van der Waals surface area contributed by atoms with Crippen molar-refractivity contribution in [2.24, 2.45) is 11.1 Å². The Balaban J connectivity index is 0.00000163. The number of carbonyl (C=O) groups is 1. The Morgan fingerprint density at radius 1 is 1.25 bits per heavy atom. The van der Waals surface area contributed by atoms with E-state index in [0.717, 1.165) is 0 Å². The SMILES string of the molecule is C=CCS[C@H]1O[C@H](C(N)CC(C)(C)C=C)[C@H](O)[C@H](O)[C@H]1O.O=CO. The van der Waals surface area contributed by atoms with E-state index in [1.165, 1.54) is 11.8 Å². The van der Waals surface area contributed by atoms with Crippen LogP contribution in [0.25, 0.3) is 0 Å². The van der Waals surface area contributed by atoms with Gasteiger partial charge in [0.25, 0.3) is 6.47 Å². The zero-order valence-electron chi connectivity index (χ0n) is 14.1. The summed E-state index contributed by atoms with van der Waals surface area (Å²) >= 11 is 1.32. The molecule has 7 nitrogen and oxygen atoms in total. The molecule has 0 amide bonds. The predicted molar refractivity (Wildman–Crippen MR) is 94.6 cm³/mol. The van der Waals surface area contributed by atoms with Crippen LogP contribution >= 0.6 is 11.8 Å². The lowest BCUT2D eigenvalue weighted by Crippen LogP contribution is -2.61. The van der Waals surface area contributed by atoms with Crippen molar-refractivity contribution in [1.82, 2.24) is 0 Å². The summed E-state index contributed by atoms with van der Waals surface area (Å²) in [5.41, 5.74) is 5.31. The number of hydrogen-bond acceptors (Lipinski definition) is 7. The normalized spacial score (nSPS) is 31.3. The highest BCUT2D eigenvalue weighted by atomic mass is 32.2. The Hall–Kier alpha value is -0.900. The lowest BCUT2D eigenvalue weighted by atomic mass is 9.82. The first-order valence-corrected chi connectivity index (χ1v) is 8.59. The van der Waals surface area contributed by atoms with E-state index in [-0.39, 0.29) is 11.9 Å². The summed E-state index contributed by atoms with van der Waals surface area (Å²) in [5.74, 6) is 0.574. The summed E-state index contributed by atoms with van der Waals surface area (Å²) in [4.78, 5) is 8.36. The highest BCUT2D eigenvalue weighted by molar-refractivity contribution is 7.99. The van der Waals surface area contributed by atoms with Crippen LogP contribution in [0.2, 0.25) is 0 Å². The molecule has 6 N–H and O–H groups in total. The number of carboxylic acid groups (broad SMARTS) is 1. The molecule has 0 aromatic heterocycles. The molecular formula is C16H29NO6S. The second kappa shape index (κ2) is 10.9. The smallest absolute Gasteiger partial charge is 0.290 e. The van der Waals surface area contributed by atoms with Gasteiger partial charge in [0, 0.05) is 11.8 Å². The van der Waals surface area contributed by atoms with Gasteiger partial charge in [-0.2, -0.15) is 0 Å². The number of hydrogen-bond donors (Lipinski definition) is 5. The summed E-state index contributed by atoms with van der Waals surface area (Å²) in [5, 5.41) is 37.0. The van der Waals surface area contributed by atoms with Crippen molar-refractivity contribution in [2.75, 3.05) is 5.75 Å². The first-order chi connectivity index (χ1) is 11.1. The van der Waals surface area contributed by atoms with E-state index >= 15 is 0 Å². The number of thioether (sulfide) groups is 1. The van der Waals surface area contributed by atoms with Gasteiger partial charge >= 0.3 is 0 Å². The average Bonchev–Trinajstić information content (AvgIpc) is 2.52. The van der Waals surface area contributed by atoms with Crippen LogP contribution in [-0.4, -0.2) is 68.5 Å². The molecule has 0 radical (unpaired) electrons. The van der Waals surface area contributed by atoms with Gasteiger partial charge < -0.3 is 30.9 Å². The molecule has 0 spiro atoms. The minimum atomic E-state index is -1.27. The topological polar surface area (TPSA) is 133 Å². The van der Waals surface area contributed by atoms with Gasteiger partial charge in [-0.1, -0.05) is 26.0 Å². The molecule has 0 aromatic carbocycles. The molecule has 1 aliphatic rings. The first-order valence-electron chi connectivity index (χ1n) is 7.54. The maximum absolute atomic E-state index is 10.1. The molecule has 8 heteroatoms. The lowest BCUT2D eigenvalue weighted by Gasteiger charge is -2.43. The second-order valence-electron chi connectivity index (χ2n) is 6.23. The first kappa shape index (κ1) is 23.1. The molecule has 0 saturated carbocycles. The molecule has 6 atom stereocenters. The van der Waals surface area contributed by atoms with Crippen molar-refractivity contribution in [3.05, 3.63) is 25.3 Å². The molecule has 0 aliphatic carbocycles. The highest BCUT2D eigenvalue weighted by Crippen LogP contribution is 2.32. The highest BCUT2D eigenvalue weighted by Gasteiger charge is 2.46. The molecule has 1 fully saturated rings. The number of nitrogens with two attached hydrogens (primary N) is 1. The van der Waals surface area contributed by atoms with Gasteiger partial charge in [-0.25, -0.2) is 0 Å². The van der Waals surface area contributed by atoms with Gasteiger partial charge in [-0.05, 0) is 11.8 Å². The monoisotopic (exact) mass is 363 g/mol. The third-order valence-corrected chi connectivity index (χ3v) is 4.87. The largest absolute Gasteiger partial charge is 0.483 e. The van der Waals surface area contributed by atoms with Gasteiger partial charge in [0.1, 0.15) is 29.9 Å². The number of aliphatic hydroxyl groups is 3. The average molecular weight is 363 g/mol. The van der Waals surface area contributed by atoms with E-state index in [4.69, 9.17) is 20.4 Å². The second-order valence-corrected chi connectivity index (χ2v) is 7.36. The van der Waals surface area contributed by atoms with Crippen LogP contribution in [-0.2, 0) is 9.53 Å². The van der Waals surface area contributed by atoms with Gasteiger partial charge in [0.15, 0.2) is 0 Å². The van der Waals surface area contributed by atoms with Gasteiger partial charge in [0.05, 0.1) is 0 Å². The van der Waals surface area contributed by atoms with Crippen molar-refractivity contribution in [2.45, 2.75) is 56.2 Å². The Bertz CT molecular complexity index is 406. The lowest BCUT2D eigenvalue weighted by molar-refractivity contribution is -0.204. The zero-order chi connectivity index (χ0) is 18.9. The van der Waals surface area contributed by atoms with Crippen LogP contribution in [0.4, 0.5) is 0 Å². The Kier molecular flexibility index (Phi) is 10.5. The standard InChI is InChI=1S/C15H27NO4S.CH2O2/c1-5-7-21-14-12(19)10(17)11(18)13(20-14)9(16)8-15(3,4)6-2;2-1-3/h5-6,9-14,17-19H,1-2,7-8,16H2,3-4H3;1H,(H,2,3)/t9?,10-,11+,12+,13+,14+;/m0./s1. The number of aliphatic hydroxyl groups excluding tert-OH is 3. The van der Waals surface area contributed by atoms with Crippen molar-refractivity contribution >= 4 is 18.2 Å². The van der Waals surface area contributed by atoms with Crippen LogP contribution in [0.5, 0.6) is 0 Å². The summed E-state index contributed by atoms with van der Waals surface area (Å²) in [7, 11) is 0. The fourth-order valence-electron chi connectivity index (χ4n) is 2.34. The molecule has 140 valence electrons. The van der Waals surface area contributed by atoms with E-state index in [2.05, 4.69) is 13.2 Å². The fourth-order valence-corrected chi connectivity index (χ4v) is 3.23. The maximum Gasteiger partial charge on any atom is 0.290 e. The zero-order valence-corrected chi connectivity index (χ0v) is 14.9. The van der Waals surface area contributed by atoms with E-state index < -0.39 is 35.9 Å². The van der Waals surface area contributed by atoms with E-state index in [1.54, 1.807) is 12.2 Å². The number of rotatable bonds is 7. The third-order valence-electron chi connectivity index (χ3n) is 3.72. The minimum Gasteiger partial charge on any atom is -0.483 e. The maximum atomic E-state index is 10.1. The van der Waals surface area contributed by atoms with Crippen molar-refractivity contribution in [3.63, 3.8) is 0 Å². The van der Waals surface area contributed by atoms with Crippen molar-refractivity contribution in [1.29, 1.82) is 0 Å². The fraction of sp³-hybridized carbons (Fsp3) is 0.688. The number of ether oxygens (including phenoxy) is 1. The Labute approximate surface area is 147 Å². The Morgan fingerprint density at radius 3 is 2.25 bits per heavy atom. The summed E-state index contributed by atoms with van der Waals surface area (Å²) in [6, 6.07) is -0.470. The quantitative estimate of drug-likeness (QED) is 0.323. The summed E-state index contributed by atoms with van der Waals surface area (Å²) < 4.78 is 5.73. The molecule has 1 unspecified atom stereocenters. The molecule has 1 saturated heterocycles. The van der Waals surface area contributed by atoms with Crippen LogP contribution in [0.15, 0.2) is 25.3 Å². The van der Waals surface area contributed by atoms with Gasteiger partial charge in [0.2, 0.25) is 0 Å². The van der Waals surface area contributed by atoms with Crippen LogP contribution in [0.3, 0.4) is 0 Å². The molecule has 1 rings (SSSR count). The van der Waals surface area contributed by atoms with E-state index in [9.17, 15) is 15.3 Å². The van der Waals surface area contributed by atoms with Crippen LogP contribution < -0.4 is 5.73 Å². The van der Waals surface area contributed by atoms with Crippen LogP contribution in [0, 0.1) is 5.41 Å². The van der Waals surface area contributed by atoms with Crippen LogP contribution in [0.1, 0.15) is 20.3 Å². The van der Waals surface area contributed by atoms with Gasteiger partial charge in [-0.15, -0.1) is 24.9 Å². The van der Waals surface area contributed by atoms with Gasteiger partial charge in [-0.3, -0.25) is 4.79 Å². The summed E-state index contributed by atoms with van der Waals surface area (Å²) in [6.45, 7) is 11.1. The molecule has 0 bridgehead atoms. The molecular weight excluding hydrogens is 334 g/mol. The predicted octanol–water partition coefficient (Wildman–Crippen LogP) is 0.344. The minimum absolute atomic E-state index is 0.201. The van der Waals surface area contributed by atoms with Crippen molar-refractivity contribution < 1.29 is 30.0 Å².